The fourth-order valence-corrected chi connectivity index (χ4v) is 1.92. The van der Waals surface area contributed by atoms with E-state index >= 15 is 0 Å². The van der Waals surface area contributed by atoms with Gasteiger partial charge in [0.15, 0.2) is 0 Å². The molecule has 1 rings (SSSR count). The molecule has 0 bridgehead atoms. The van der Waals surface area contributed by atoms with Crippen molar-refractivity contribution in [2.75, 3.05) is 7.11 Å². The van der Waals surface area contributed by atoms with Gasteiger partial charge < -0.3 is 14.9 Å². The molecule has 0 spiro atoms. The van der Waals surface area contributed by atoms with Gasteiger partial charge in [0.05, 0.1) is 24.2 Å². The van der Waals surface area contributed by atoms with Crippen LogP contribution in [0, 0.1) is 5.92 Å². The smallest absolute Gasteiger partial charge is 0.138 e. The zero-order valence-electron chi connectivity index (χ0n) is 7.93. The molecule has 0 aromatic carbocycles. The van der Waals surface area contributed by atoms with Crippen molar-refractivity contribution in [2.45, 2.75) is 38.1 Å². The molecule has 1 saturated carbocycles. The van der Waals surface area contributed by atoms with E-state index in [1.807, 2.05) is 0 Å². The molecule has 1 aliphatic carbocycles. The summed E-state index contributed by atoms with van der Waals surface area (Å²) in [5, 5.41) is 19.1. The molecule has 2 unspecified atom stereocenters. The Morgan fingerprint density at radius 2 is 1.77 bits per heavy atom. The van der Waals surface area contributed by atoms with E-state index in [4.69, 9.17) is 4.74 Å². The number of Topliss-reactive ketones (excluding diaryl/α,β-unsaturated/α-hetero) is 1. The molecular formula is C9H16O4. The van der Waals surface area contributed by atoms with Crippen molar-refractivity contribution < 1.29 is 19.7 Å². The molecule has 13 heavy (non-hydrogen) atoms. The van der Waals surface area contributed by atoms with Gasteiger partial charge in [0, 0.05) is 20.0 Å². The number of aliphatic hydroxyl groups excluding tert-OH is 2. The third kappa shape index (κ3) is 2.27. The first kappa shape index (κ1) is 10.6. The Labute approximate surface area is 77.5 Å². The van der Waals surface area contributed by atoms with Crippen molar-refractivity contribution in [1.29, 1.82) is 0 Å². The largest absolute Gasteiger partial charge is 0.392 e. The van der Waals surface area contributed by atoms with E-state index in [2.05, 4.69) is 0 Å². The van der Waals surface area contributed by atoms with Crippen molar-refractivity contribution in [3.05, 3.63) is 0 Å². The summed E-state index contributed by atoms with van der Waals surface area (Å²) in [7, 11) is 1.54. The van der Waals surface area contributed by atoms with Gasteiger partial charge in [-0.15, -0.1) is 0 Å². The van der Waals surface area contributed by atoms with Gasteiger partial charge in [-0.3, -0.25) is 4.79 Å². The average Bonchev–Trinajstić information content (AvgIpc) is 2.02. The summed E-state index contributed by atoms with van der Waals surface area (Å²) < 4.78 is 5.03. The molecule has 0 saturated heterocycles. The van der Waals surface area contributed by atoms with Crippen LogP contribution in [0.4, 0.5) is 0 Å². The van der Waals surface area contributed by atoms with Gasteiger partial charge >= 0.3 is 0 Å². The molecule has 2 atom stereocenters. The quantitative estimate of drug-likeness (QED) is 0.625. The highest BCUT2D eigenvalue weighted by molar-refractivity contribution is 5.79. The summed E-state index contributed by atoms with van der Waals surface area (Å²) in [6.07, 6.45) is -0.826. The van der Waals surface area contributed by atoms with E-state index < -0.39 is 18.1 Å². The van der Waals surface area contributed by atoms with Gasteiger partial charge in [0.2, 0.25) is 0 Å². The fourth-order valence-electron chi connectivity index (χ4n) is 1.92. The Balaban J connectivity index is 2.64. The summed E-state index contributed by atoms with van der Waals surface area (Å²) >= 11 is 0. The monoisotopic (exact) mass is 188 g/mol. The van der Waals surface area contributed by atoms with E-state index in [0.29, 0.717) is 12.8 Å². The summed E-state index contributed by atoms with van der Waals surface area (Å²) in [6, 6.07) is 0. The van der Waals surface area contributed by atoms with Crippen molar-refractivity contribution >= 4 is 5.78 Å². The van der Waals surface area contributed by atoms with Crippen LogP contribution in [0.1, 0.15) is 19.8 Å². The molecule has 0 heterocycles. The summed E-state index contributed by atoms with van der Waals surface area (Å²) in [5.41, 5.74) is 0. The SMILES string of the molecule is COC1CC(O)C(C(C)=O)C(O)C1. The third-order valence-corrected chi connectivity index (χ3v) is 2.64. The zero-order chi connectivity index (χ0) is 10.0. The van der Waals surface area contributed by atoms with Crippen LogP contribution < -0.4 is 0 Å². The molecule has 0 radical (unpaired) electrons. The minimum Gasteiger partial charge on any atom is -0.392 e. The number of methoxy groups -OCH3 is 1. The molecule has 4 nitrogen and oxygen atoms in total. The van der Waals surface area contributed by atoms with E-state index in [1.54, 1.807) is 0 Å². The first-order valence-electron chi connectivity index (χ1n) is 4.45. The second-order valence-corrected chi connectivity index (χ2v) is 3.60. The second kappa shape index (κ2) is 4.17. The van der Waals surface area contributed by atoms with Crippen LogP contribution in [0.25, 0.3) is 0 Å². The number of carbonyl (C=O) groups is 1. The maximum atomic E-state index is 11.1. The van der Waals surface area contributed by atoms with E-state index in [1.165, 1.54) is 14.0 Å². The third-order valence-electron chi connectivity index (χ3n) is 2.64. The molecule has 0 aromatic rings. The Morgan fingerprint density at radius 3 is 2.08 bits per heavy atom. The van der Waals surface area contributed by atoms with E-state index in [9.17, 15) is 15.0 Å². The highest BCUT2D eigenvalue weighted by Crippen LogP contribution is 2.27. The summed E-state index contributed by atoms with van der Waals surface area (Å²) in [6.45, 7) is 1.39. The Kier molecular flexibility index (Phi) is 3.41. The predicted octanol–water partition coefficient (Wildman–Crippen LogP) is -0.278. The van der Waals surface area contributed by atoms with Crippen molar-refractivity contribution in [1.82, 2.24) is 0 Å². The Morgan fingerprint density at radius 1 is 1.31 bits per heavy atom. The maximum Gasteiger partial charge on any atom is 0.138 e. The lowest BCUT2D eigenvalue weighted by molar-refractivity contribution is -0.138. The van der Waals surface area contributed by atoms with E-state index in [-0.39, 0.29) is 11.9 Å². The number of aliphatic hydroxyl groups is 2. The molecule has 76 valence electrons. The predicted molar refractivity (Wildman–Crippen MR) is 46.2 cm³/mol. The number of rotatable bonds is 2. The lowest BCUT2D eigenvalue weighted by Gasteiger charge is -2.34. The summed E-state index contributed by atoms with van der Waals surface area (Å²) in [4.78, 5) is 11.1. The molecule has 4 heteroatoms. The normalized spacial score (nSPS) is 40.3. The van der Waals surface area contributed by atoms with Crippen molar-refractivity contribution in [3.8, 4) is 0 Å². The van der Waals surface area contributed by atoms with Gasteiger partial charge in [0.25, 0.3) is 0 Å². The summed E-state index contributed by atoms with van der Waals surface area (Å²) in [5.74, 6) is -0.791. The second-order valence-electron chi connectivity index (χ2n) is 3.60. The van der Waals surface area contributed by atoms with Crippen LogP contribution in [0.15, 0.2) is 0 Å². The Hall–Kier alpha value is -0.450. The maximum absolute atomic E-state index is 11.1. The Bertz CT molecular complexity index is 180. The highest BCUT2D eigenvalue weighted by atomic mass is 16.5. The molecule has 0 amide bonds. The average molecular weight is 188 g/mol. The van der Waals surface area contributed by atoms with Crippen LogP contribution in [0.3, 0.4) is 0 Å². The minimum atomic E-state index is -0.772. The van der Waals surface area contributed by atoms with Gasteiger partial charge in [0.1, 0.15) is 5.78 Å². The van der Waals surface area contributed by atoms with E-state index in [0.717, 1.165) is 0 Å². The number of hydrogen-bond donors (Lipinski definition) is 2. The number of ketones is 1. The van der Waals surface area contributed by atoms with Gasteiger partial charge in [-0.2, -0.15) is 0 Å². The minimum absolute atomic E-state index is 0.138. The molecular weight excluding hydrogens is 172 g/mol. The van der Waals surface area contributed by atoms with Gasteiger partial charge in [-0.25, -0.2) is 0 Å². The van der Waals surface area contributed by atoms with Gasteiger partial charge in [-0.1, -0.05) is 0 Å². The van der Waals surface area contributed by atoms with Crippen molar-refractivity contribution in [2.24, 2.45) is 5.92 Å². The molecule has 1 aliphatic rings. The number of hydrogen-bond acceptors (Lipinski definition) is 4. The number of carbonyl (C=O) groups excluding carboxylic acids is 1. The lowest BCUT2D eigenvalue weighted by Crippen LogP contribution is -2.45. The van der Waals surface area contributed by atoms with Crippen LogP contribution in [-0.2, 0) is 9.53 Å². The number of ether oxygens (including phenoxy) is 1. The molecule has 0 aliphatic heterocycles. The van der Waals surface area contributed by atoms with Gasteiger partial charge in [-0.05, 0) is 6.92 Å². The standard InChI is InChI=1S/C9H16O4/c1-5(10)9-7(11)3-6(13-2)4-8(9)12/h6-9,11-12H,3-4H2,1-2H3. The van der Waals surface area contributed by atoms with Crippen molar-refractivity contribution in [3.63, 3.8) is 0 Å². The fraction of sp³-hybridized carbons (Fsp3) is 0.889. The van der Waals surface area contributed by atoms with Crippen LogP contribution in [0.5, 0.6) is 0 Å². The van der Waals surface area contributed by atoms with Crippen LogP contribution >= 0.6 is 0 Å². The molecule has 2 N–H and O–H groups in total. The van der Waals surface area contributed by atoms with Crippen LogP contribution in [-0.4, -0.2) is 41.4 Å². The first-order valence-corrected chi connectivity index (χ1v) is 4.45. The molecule has 1 fully saturated rings. The highest BCUT2D eigenvalue weighted by Gasteiger charge is 2.38. The lowest BCUT2D eigenvalue weighted by atomic mass is 9.80. The topological polar surface area (TPSA) is 66.8 Å². The zero-order valence-corrected chi connectivity index (χ0v) is 7.93. The van der Waals surface area contributed by atoms with Crippen LogP contribution in [0.2, 0.25) is 0 Å². The molecule has 0 aromatic heterocycles. The first-order chi connectivity index (χ1) is 6.06.